The van der Waals surface area contributed by atoms with Crippen LogP contribution in [-0.2, 0) is 6.42 Å². The highest BCUT2D eigenvalue weighted by Crippen LogP contribution is 2.30. The third kappa shape index (κ3) is 2.31. The predicted molar refractivity (Wildman–Crippen MR) is 72.7 cm³/mol. The van der Waals surface area contributed by atoms with E-state index in [1.807, 2.05) is 0 Å². The summed E-state index contributed by atoms with van der Waals surface area (Å²) in [5.41, 5.74) is 0.649. The number of halogens is 2. The Labute approximate surface area is 122 Å². The van der Waals surface area contributed by atoms with Crippen molar-refractivity contribution in [2.75, 3.05) is 0 Å². The van der Waals surface area contributed by atoms with Crippen LogP contribution in [0.5, 0.6) is 0 Å². The van der Waals surface area contributed by atoms with E-state index in [9.17, 15) is 14.5 Å². The van der Waals surface area contributed by atoms with Crippen molar-refractivity contribution in [2.45, 2.75) is 6.42 Å². The van der Waals surface area contributed by atoms with Gasteiger partial charge < -0.3 is 0 Å². The molecule has 0 N–H and O–H groups in total. The summed E-state index contributed by atoms with van der Waals surface area (Å²) in [6.07, 6.45) is 0.0194. The predicted octanol–water partition coefficient (Wildman–Crippen LogP) is 3.51. The van der Waals surface area contributed by atoms with Gasteiger partial charge in [0.1, 0.15) is 11.3 Å². The molecule has 0 unspecified atom stereocenters. The lowest BCUT2D eigenvalue weighted by Crippen LogP contribution is -2.00. The van der Waals surface area contributed by atoms with E-state index < -0.39 is 10.7 Å². The average molecular weight is 308 g/mol. The minimum absolute atomic E-state index is 0.0194. The number of rotatable bonds is 3. The fourth-order valence-electron chi connectivity index (χ4n) is 2.12. The molecule has 0 bridgehead atoms. The van der Waals surface area contributed by atoms with Gasteiger partial charge in [0.25, 0.3) is 0 Å². The molecule has 0 aliphatic heterocycles. The van der Waals surface area contributed by atoms with E-state index >= 15 is 0 Å². The van der Waals surface area contributed by atoms with Crippen LogP contribution in [0.25, 0.3) is 11.0 Å². The Morgan fingerprint density at radius 1 is 1.24 bits per heavy atom. The number of hydrogen-bond donors (Lipinski definition) is 0. The first kappa shape index (κ1) is 13.4. The van der Waals surface area contributed by atoms with Gasteiger partial charge in [-0.15, -0.1) is 0 Å². The smallest absolute Gasteiger partial charge is 0.258 e. The van der Waals surface area contributed by atoms with E-state index in [-0.39, 0.29) is 33.7 Å². The molecule has 0 amide bonds. The molecule has 0 atom stereocenters. The number of aromatic nitrogens is 2. The van der Waals surface area contributed by atoms with Gasteiger partial charge in [0.15, 0.2) is 0 Å². The van der Waals surface area contributed by atoms with Crippen molar-refractivity contribution in [3.05, 3.63) is 62.4 Å². The standard InChI is InChI=1S/C13H7ClFN3O3/c14-9-3-1-2-7(11(9)15)6-8-4-5-10-12(17-21-16-10)13(8)18(19)20/h1-5H,6H2. The average Bonchev–Trinajstić information content (AvgIpc) is 2.91. The summed E-state index contributed by atoms with van der Waals surface area (Å²) in [5.74, 6) is -0.591. The molecule has 1 aromatic heterocycles. The number of nitro groups is 1. The lowest BCUT2D eigenvalue weighted by molar-refractivity contribution is -0.383. The molecule has 0 saturated heterocycles. The van der Waals surface area contributed by atoms with Crippen LogP contribution in [0.2, 0.25) is 5.02 Å². The summed E-state index contributed by atoms with van der Waals surface area (Å²) in [7, 11) is 0. The van der Waals surface area contributed by atoms with Gasteiger partial charge in [0.05, 0.1) is 9.95 Å². The van der Waals surface area contributed by atoms with E-state index in [0.29, 0.717) is 5.56 Å². The zero-order valence-corrected chi connectivity index (χ0v) is 11.2. The van der Waals surface area contributed by atoms with E-state index in [1.54, 1.807) is 6.07 Å². The molecule has 0 fully saturated rings. The largest absolute Gasteiger partial charge is 0.304 e. The molecule has 0 radical (unpaired) electrons. The molecule has 21 heavy (non-hydrogen) atoms. The quantitative estimate of drug-likeness (QED) is 0.546. The zero-order chi connectivity index (χ0) is 15.0. The summed E-state index contributed by atoms with van der Waals surface area (Å²) in [6.45, 7) is 0. The van der Waals surface area contributed by atoms with Gasteiger partial charge in [0, 0.05) is 12.0 Å². The summed E-state index contributed by atoms with van der Waals surface area (Å²) in [4.78, 5) is 10.7. The summed E-state index contributed by atoms with van der Waals surface area (Å²) in [6, 6.07) is 7.57. The van der Waals surface area contributed by atoms with Crippen LogP contribution in [-0.4, -0.2) is 15.2 Å². The number of fused-ring (bicyclic) bond motifs is 1. The van der Waals surface area contributed by atoms with Crippen molar-refractivity contribution in [1.29, 1.82) is 0 Å². The Kier molecular flexibility index (Phi) is 3.26. The summed E-state index contributed by atoms with van der Waals surface area (Å²) < 4.78 is 18.4. The lowest BCUT2D eigenvalue weighted by Gasteiger charge is -2.05. The lowest BCUT2D eigenvalue weighted by atomic mass is 10.0. The van der Waals surface area contributed by atoms with Crippen LogP contribution >= 0.6 is 11.6 Å². The van der Waals surface area contributed by atoms with Gasteiger partial charge in [-0.25, -0.2) is 9.02 Å². The monoisotopic (exact) mass is 307 g/mol. The van der Waals surface area contributed by atoms with Gasteiger partial charge in [-0.05, 0) is 34.1 Å². The third-order valence-corrected chi connectivity index (χ3v) is 3.37. The number of nitrogens with zero attached hydrogens (tertiary/aromatic N) is 3. The number of nitro benzene ring substituents is 1. The van der Waals surface area contributed by atoms with Crippen molar-refractivity contribution in [1.82, 2.24) is 10.3 Å². The summed E-state index contributed by atoms with van der Waals surface area (Å²) >= 11 is 5.71. The van der Waals surface area contributed by atoms with Crippen LogP contribution in [0.3, 0.4) is 0 Å². The first-order valence-electron chi connectivity index (χ1n) is 5.89. The highest BCUT2D eigenvalue weighted by molar-refractivity contribution is 6.30. The topological polar surface area (TPSA) is 82.1 Å². The van der Waals surface area contributed by atoms with Gasteiger partial charge in [-0.1, -0.05) is 23.7 Å². The Morgan fingerprint density at radius 3 is 2.81 bits per heavy atom. The summed E-state index contributed by atoms with van der Waals surface area (Å²) in [5, 5.41) is 18.3. The molecule has 106 valence electrons. The molecular weight excluding hydrogens is 301 g/mol. The minimum Gasteiger partial charge on any atom is -0.258 e. The first-order valence-corrected chi connectivity index (χ1v) is 6.27. The van der Waals surface area contributed by atoms with Crippen LogP contribution in [0.1, 0.15) is 11.1 Å². The molecule has 2 aromatic carbocycles. The van der Waals surface area contributed by atoms with Crippen LogP contribution in [0.4, 0.5) is 10.1 Å². The van der Waals surface area contributed by atoms with Crippen molar-refractivity contribution in [3.8, 4) is 0 Å². The molecule has 1 heterocycles. The number of hydrogen-bond acceptors (Lipinski definition) is 5. The van der Waals surface area contributed by atoms with Crippen LogP contribution < -0.4 is 0 Å². The Balaban J connectivity index is 2.14. The normalized spacial score (nSPS) is 11.0. The Bertz CT molecular complexity index is 850. The van der Waals surface area contributed by atoms with Gasteiger partial charge >= 0.3 is 5.69 Å². The van der Waals surface area contributed by atoms with Crippen molar-refractivity contribution in [2.24, 2.45) is 0 Å². The highest BCUT2D eigenvalue weighted by atomic mass is 35.5. The van der Waals surface area contributed by atoms with Crippen molar-refractivity contribution >= 4 is 28.3 Å². The highest BCUT2D eigenvalue weighted by Gasteiger charge is 2.23. The van der Waals surface area contributed by atoms with E-state index in [4.69, 9.17) is 11.6 Å². The molecule has 0 aliphatic carbocycles. The van der Waals surface area contributed by atoms with Crippen LogP contribution in [0.15, 0.2) is 35.0 Å². The number of benzene rings is 2. The van der Waals surface area contributed by atoms with E-state index in [1.165, 1.54) is 24.3 Å². The fourth-order valence-corrected chi connectivity index (χ4v) is 2.31. The van der Waals surface area contributed by atoms with Gasteiger partial charge in [-0.3, -0.25) is 10.1 Å². The molecular formula is C13H7ClFN3O3. The molecule has 6 nitrogen and oxygen atoms in total. The molecule has 3 aromatic rings. The van der Waals surface area contributed by atoms with Crippen LogP contribution in [0, 0.1) is 15.9 Å². The third-order valence-electron chi connectivity index (χ3n) is 3.08. The SMILES string of the molecule is O=[N+]([O-])c1c(Cc2cccc(Cl)c2F)ccc2nonc12. The van der Waals surface area contributed by atoms with Crippen molar-refractivity contribution in [3.63, 3.8) is 0 Å². The first-order chi connectivity index (χ1) is 10.1. The molecule has 0 saturated carbocycles. The van der Waals surface area contributed by atoms with Gasteiger partial charge in [-0.2, -0.15) is 0 Å². The fraction of sp³-hybridized carbons (Fsp3) is 0.0769. The van der Waals surface area contributed by atoms with Gasteiger partial charge in [0.2, 0.25) is 5.52 Å². The van der Waals surface area contributed by atoms with E-state index in [2.05, 4.69) is 14.9 Å². The van der Waals surface area contributed by atoms with E-state index in [0.717, 1.165) is 0 Å². The van der Waals surface area contributed by atoms with Crippen molar-refractivity contribution < 1.29 is 13.9 Å². The Morgan fingerprint density at radius 2 is 2.05 bits per heavy atom. The maximum atomic E-state index is 13.9. The molecule has 0 spiro atoms. The maximum absolute atomic E-state index is 13.9. The second kappa shape index (κ2) is 5.10. The second-order valence-corrected chi connectivity index (χ2v) is 4.76. The minimum atomic E-state index is -0.591. The molecule has 8 heteroatoms. The zero-order valence-electron chi connectivity index (χ0n) is 10.4. The second-order valence-electron chi connectivity index (χ2n) is 4.35. The molecule has 3 rings (SSSR count). The Hall–Kier alpha value is -2.54. The molecule has 0 aliphatic rings. The maximum Gasteiger partial charge on any atom is 0.304 e.